The van der Waals surface area contributed by atoms with E-state index >= 15 is 0 Å². The molecule has 0 fully saturated rings. The van der Waals surface area contributed by atoms with Crippen molar-refractivity contribution in [2.45, 2.75) is 33.3 Å². The summed E-state index contributed by atoms with van der Waals surface area (Å²) in [5.74, 6) is 1.30. The third-order valence-electron chi connectivity index (χ3n) is 3.82. The molecule has 0 saturated heterocycles. The van der Waals surface area contributed by atoms with Crippen LogP contribution in [-0.4, -0.2) is 31.8 Å². The van der Waals surface area contributed by atoms with E-state index in [1.807, 2.05) is 32.0 Å². The molecule has 0 spiro atoms. The van der Waals surface area contributed by atoms with Crippen molar-refractivity contribution in [1.82, 2.24) is 5.32 Å². The minimum absolute atomic E-state index is 0.227. The van der Waals surface area contributed by atoms with E-state index in [9.17, 15) is 9.18 Å². The predicted molar refractivity (Wildman–Crippen MR) is 102 cm³/mol. The van der Waals surface area contributed by atoms with E-state index in [0.717, 1.165) is 5.56 Å². The normalized spacial score (nSPS) is 11.6. The Hall–Kier alpha value is -2.76. The van der Waals surface area contributed by atoms with E-state index in [1.54, 1.807) is 6.92 Å². The van der Waals surface area contributed by atoms with E-state index < -0.39 is 6.10 Å². The van der Waals surface area contributed by atoms with E-state index in [2.05, 4.69) is 5.32 Å². The highest BCUT2D eigenvalue weighted by molar-refractivity contribution is 5.80. The first-order chi connectivity index (χ1) is 13.0. The zero-order chi connectivity index (χ0) is 19.6. The smallest absolute Gasteiger partial charge is 0.260 e. The van der Waals surface area contributed by atoms with Gasteiger partial charge < -0.3 is 19.5 Å². The van der Waals surface area contributed by atoms with Crippen molar-refractivity contribution in [2.75, 3.05) is 19.8 Å². The molecule has 0 heterocycles. The molecule has 0 aliphatic rings. The Morgan fingerprint density at radius 1 is 1.04 bits per heavy atom. The maximum Gasteiger partial charge on any atom is 0.260 e. The molecule has 1 unspecified atom stereocenters. The number of carbonyl (C=O) groups is 1. The highest BCUT2D eigenvalue weighted by Crippen LogP contribution is 2.28. The van der Waals surface area contributed by atoms with Crippen LogP contribution in [0.1, 0.15) is 26.3 Å². The van der Waals surface area contributed by atoms with Gasteiger partial charge in [-0.3, -0.25) is 4.79 Å². The van der Waals surface area contributed by atoms with Crippen molar-refractivity contribution in [3.63, 3.8) is 0 Å². The molecule has 0 radical (unpaired) electrons. The van der Waals surface area contributed by atoms with Crippen LogP contribution in [-0.2, 0) is 11.2 Å². The molecule has 1 atom stereocenters. The van der Waals surface area contributed by atoms with Crippen LogP contribution in [0.25, 0.3) is 0 Å². The van der Waals surface area contributed by atoms with Gasteiger partial charge in [-0.1, -0.05) is 6.07 Å². The van der Waals surface area contributed by atoms with Gasteiger partial charge in [-0.15, -0.1) is 0 Å². The van der Waals surface area contributed by atoms with Gasteiger partial charge in [0.15, 0.2) is 17.6 Å². The second kappa shape index (κ2) is 10.4. The monoisotopic (exact) mass is 375 g/mol. The molecule has 1 N–H and O–H groups in total. The lowest BCUT2D eigenvalue weighted by molar-refractivity contribution is -0.127. The van der Waals surface area contributed by atoms with Gasteiger partial charge in [0.05, 0.1) is 13.2 Å². The van der Waals surface area contributed by atoms with Gasteiger partial charge in [-0.25, -0.2) is 4.39 Å². The van der Waals surface area contributed by atoms with Gasteiger partial charge in [-0.2, -0.15) is 0 Å². The second-order valence-corrected chi connectivity index (χ2v) is 5.90. The summed E-state index contributed by atoms with van der Waals surface area (Å²) in [6.45, 7) is 7.09. The molecule has 0 aromatic heterocycles. The standard InChI is InChI=1S/C21H26FNO4/c1-4-25-19-11-6-16(14-20(19)26-5-2)12-13-23-21(24)15(3)27-18-9-7-17(22)8-10-18/h6-11,14-15H,4-5,12-13H2,1-3H3,(H,23,24). The van der Waals surface area contributed by atoms with E-state index in [0.29, 0.717) is 43.4 Å². The highest BCUT2D eigenvalue weighted by atomic mass is 19.1. The summed E-state index contributed by atoms with van der Waals surface area (Å²) in [6.07, 6.45) is -0.0172. The van der Waals surface area contributed by atoms with E-state index in [-0.39, 0.29) is 11.7 Å². The summed E-state index contributed by atoms with van der Waals surface area (Å²) < 4.78 is 29.6. The number of halogens is 1. The summed E-state index contributed by atoms with van der Waals surface area (Å²) in [5.41, 5.74) is 1.04. The number of hydrogen-bond acceptors (Lipinski definition) is 4. The number of rotatable bonds is 10. The first kappa shape index (κ1) is 20.6. The Bertz CT molecular complexity index is 733. The molecular formula is C21H26FNO4. The van der Waals surface area contributed by atoms with E-state index in [4.69, 9.17) is 14.2 Å². The average Bonchev–Trinajstić information content (AvgIpc) is 2.66. The summed E-state index contributed by atoms with van der Waals surface area (Å²) in [5, 5.41) is 2.84. The summed E-state index contributed by atoms with van der Waals surface area (Å²) in [6, 6.07) is 11.3. The molecule has 0 saturated carbocycles. The van der Waals surface area contributed by atoms with Crippen molar-refractivity contribution in [1.29, 1.82) is 0 Å². The molecule has 27 heavy (non-hydrogen) atoms. The lowest BCUT2D eigenvalue weighted by Gasteiger charge is -2.15. The Morgan fingerprint density at radius 3 is 2.37 bits per heavy atom. The Kier molecular flexibility index (Phi) is 7.92. The van der Waals surface area contributed by atoms with Crippen LogP contribution in [0.4, 0.5) is 4.39 Å². The molecule has 2 aromatic carbocycles. The summed E-state index contributed by atoms with van der Waals surface area (Å²) in [4.78, 5) is 12.2. The van der Waals surface area contributed by atoms with Crippen LogP contribution < -0.4 is 19.5 Å². The van der Waals surface area contributed by atoms with Gasteiger partial charge in [0.2, 0.25) is 0 Å². The number of benzene rings is 2. The Morgan fingerprint density at radius 2 is 1.70 bits per heavy atom. The average molecular weight is 375 g/mol. The number of amides is 1. The van der Waals surface area contributed by atoms with Crippen molar-refractivity contribution in [3.8, 4) is 17.2 Å². The molecule has 6 heteroatoms. The van der Waals surface area contributed by atoms with Crippen molar-refractivity contribution in [2.24, 2.45) is 0 Å². The fourth-order valence-corrected chi connectivity index (χ4v) is 2.50. The quantitative estimate of drug-likeness (QED) is 0.687. The maximum atomic E-state index is 12.9. The third-order valence-corrected chi connectivity index (χ3v) is 3.82. The minimum atomic E-state index is -0.672. The highest BCUT2D eigenvalue weighted by Gasteiger charge is 2.14. The first-order valence-corrected chi connectivity index (χ1v) is 9.12. The third kappa shape index (κ3) is 6.47. The molecule has 5 nitrogen and oxygen atoms in total. The van der Waals surface area contributed by atoms with Gasteiger partial charge in [0.1, 0.15) is 11.6 Å². The number of carbonyl (C=O) groups excluding carboxylic acids is 1. The topological polar surface area (TPSA) is 56.8 Å². The second-order valence-electron chi connectivity index (χ2n) is 5.90. The first-order valence-electron chi connectivity index (χ1n) is 9.12. The molecular weight excluding hydrogens is 349 g/mol. The van der Waals surface area contributed by atoms with Crippen LogP contribution in [0, 0.1) is 5.82 Å². The van der Waals surface area contributed by atoms with Crippen LogP contribution in [0.5, 0.6) is 17.2 Å². The molecule has 146 valence electrons. The summed E-state index contributed by atoms with van der Waals surface area (Å²) >= 11 is 0. The number of hydrogen-bond donors (Lipinski definition) is 1. The van der Waals surface area contributed by atoms with Crippen LogP contribution >= 0.6 is 0 Å². The SMILES string of the molecule is CCOc1ccc(CCNC(=O)C(C)Oc2ccc(F)cc2)cc1OCC. The number of ether oxygens (including phenoxy) is 3. The fraction of sp³-hybridized carbons (Fsp3) is 0.381. The van der Waals surface area contributed by atoms with Gasteiger partial charge in [0.25, 0.3) is 5.91 Å². The Balaban J connectivity index is 1.84. The van der Waals surface area contributed by atoms with Crippen molar-refractivity contribution >= 4 is 5.91 Å². The zero-order valence-corrected chi connectivity index (χ0v) is 16.0. The predicted octanol–water partition coefficient (Wildman–Crippen LogP) is 3.75. The fourth-order valence-electron chi connectivity index (χ4n) is 2.50. The number of nitrogens with one attached hydrogen (secondary N) is 1. The molecule has 1 amide bonds. The van der Waals surface area contributed by atoms with Crippen LogP contribution in [0.2, 0.25) is 0 Å². The van der Waals surface area contributed by atoms with Crippen molar-refractivity contribution in [3.05, 3.63) is 53.8 Å². The van der Waals surface area contributed by atoms with Gasteiger partial charge in [-0.05, 0) is 69.2 Å². The minimum Gasteiger partial charge on any atom is -0.490 e. The molecule has 0 aliphatic heterocycles. The van der Waals surface area contributed by atoms with E-state index in [1.165, 1.54) is 24.3 Å². The molecule has 2 aromatic rings. The van der Waals surface area contributed by atoms with Gasteiger partial charge >= 0.3 is 0 Å². The summed E-state index contributed by atoms with van der Waals surface area (Å²) in [7, 11) is 0. The molecule has 0 bridgehead atoms. The van der Waals surface area contributed by atoms with Gasteiger partial charge in [0, 0.05) is 6.54 Å². The molecule has 0 aliphatic carbocycles. The lowest BCUT2D eigenvalue weighted by atomic mass is 10.1. The van der Waals surface area contributed by atoms with Crippen molar-refractivity contribution < 1.29 is 23.4 Å². The van der Waals surface area contributed by atoms with Crippen LogP contribution in [0.15, 0.2) is 42.5 Å². The lowest BCUT2D eigenvalue weighted by Crippen LogP contribution is -2.37. The molecule has 2 rings (SSSR count). The maximum absolute atomic E-state index is 12.9. The largest absolute Gasteiger partial charge is 0.490 e. The Labute approximate surface area is 159 Å². The van der Waals surface area contributed by atoms with Crippen LogP contribution in [0.3, 0.4) is 0 Å². The zero-order valence-electron chi connectivity index (χ0n) is 16.0.